The number of thioether (sulfide) groups is 1. The quantitative estimate of drug-likeness (QED) is 0.650. The van der Waals surface area contributed by atoms with Gasteiger partial charge in [0.25, 0.3) is 0 Å². The van der Waals surface area contributed by atoms with Gasteiger partial charge in [-0.1, -0.05) is 57.5 Å². The molecule has 158 valence electrons. The maximum Gasteiger partial charge on any atom is 0.230 e. The number of aromatic nitrogens is 3. The van der Waals surface area contributed by atoms with Crippen molar-refractivity contribution in [3.05, 3.63) is 35.7 Å². The van der Waals surface area contributed by atoms with Gasteiger partial charge in [0, 0.05) is 13.1 Å². The molecule has 1 aliphatic rings. The number of hydrogen-bond acceptors (Lipinski definition) is 5. The maximum atomic E-state index is 12.3. The van der Waals surface area contributed by atoms with Crippen LogP contribution in [0.1, 0.15) is 63.8 Å². The van der Waals surface area contributed by atoms with Crippen LogP contribution in [0.25, 0.3) is 0 Å². The maximum absolute atomic E-state index is 12.3. The van der Waals surface area contributed by atoms with Crippen LogP contribution < -0.4 is 10.1 Å². The highest BCUT2D eigenvalue weighted by Crippen LogP contribution is 2.24. The Labute approximate surface area is 177 Å². The Morgan fingerprint density at radius 1 is 1.24 bits per heavy atom. The molecule has 0 bridgehead atoms. The molecule has 1 aliphatic carbocycles. The lowest BCUT2D eigenvalue weighted by Gasteiger charge is -2.29. The van der Waals surface area contributed by atoms with E-state index in [1.165, 1.54) is 36.6 Å². The molecule has 0 spiro atoms. The van der Waals surface area contributed by atoms with E-state index < -0.39 is 0 Å². The van der Waals surface area contributed by atoms with Crippen molar-refractivity contribution in [1.82, 2.24) is 20.1 Å². The van der Waals surface area contributed by atoms with E-state index in [1.807, 2.05) is 23.7 Å². The predicted octanol–water partition coefficient (Wildman–Crippen LogP) is 4.30. The minimum atomic E-state index is 0.0693. The molecule has 6 nitrogen and oxygen atoms in total. The predicted molar refractivity (Wildman–Crippen MR) is 116 cm³/mol. The highest BCUT2D eigenvalue weighted by Gasteiger charge is 2.23. The van der Waals surface area contributed by atoms with Crippen LogP contribution in [0.4, 0.5) is 0 Å². The van der Waals surface area contributed by atoms with Gasteiger partial charge >= 0.3 is 0 Å². The van der Waals surface area contributed by atoms with E-state index in [0.29, 0.717) is 30.2 Å². The number of benzene rings is 1. The van der Waals surface area contributed by atoms with Gasteiger partial charge in [0.1, 0.15) is 12.4 Å². The third kappa shape index (κ3) is 5.98. The summed E-state index contributed by atoms with van der Waals surface area (Å²) in [6, 6.07) is 8.45. The molecule has 1 aromatic heterocycles. The summed E-state index contributed by atoms with van der Waals surface area (Å²) in [6.07, 6.45) is 4.76. The summed E-state index contributed by atoms with van der Waals surface area (Å²) < 4.78 is 7.74. The minimum absolute atomic E-state index is 0.0693. The van der Waals surface area contributed by atoms with Crippen molar-refractivity contribution in [3.63, 3.8) is 0 Å². The minimum Gasteiger partial charge on any atom is -0.486 e. The first kappa shape index (κ1) is 21.7. The Morgan fingerprint density at radius 2 is 1.97 bits per heavy atom. The number of carbonyl (C=O) groups is 1. The van der Waals surface area contributed by atoms with Crippen LogP contribution in [0.15, 0.2) is 29.4 Å². The Morgan fingerprint density at radius 3 is 2.66 bits per heavy atom. The zero-order chi connectivity index (χ0) is 20.8. The zero-order valence-corrected chi connectivity index (χ0v) is 18.7. The van der Waals surface area contributed by atoms with Crippen LogP contribution in [0.2, 0.25) is 0 Å². The second kappa shape index (κ2) is 10.1. The van der Waals surface area contributed by atoms with Gasteiger partial charge in [-0.15, -0.1) is 10.2 Å². The molecule has 2 atom stereocenters. The highest BCUT2D eigenvalue weighted by atomic mass is 32.2. The number of nitrogens with zero attached hydrogens (tertiary/aromatic N) is 3. The van der Waals surface area contributed by atoms with Crippen LogP contribution in [-0.4, -0.2) is 32.5 Å². The summed E-state index contributed by atoms with van der Waals surface area (Å²) in [4.78, 5) is 12.3. The number of amides is 1. The summed E-state index contributed by atoms with van der Waals surface area (Å²) in [6.45, 7) is 6.91. The number of ether oxygens (including phenoxy) is 1. The molecule has 29 heavy (non-hydrogen) atoms. The lowest BCUT2D eigenvalue weighted by Crippen LogP contribution is -2.41. The average molecular weight is 417 g/mol. The molecule has 0 saturated heterocycles. The number of rotatable bonds is 8. The third-order valence-electron chi connectivity index (χ3n) is 5.63. The summed E-state index contributed by atoms with van der Waals surface area (Å²) in [7, 11) is 1.91. The normalized spacial score (nSPS) is 19.3. The van der Waals surface area contributed by atoms with Crippen molar-refractivity contribution in [2.45, 2.75) is 70.2 Å². The Kier molecular flexibility index (Phi) is 7.58. The summed E-state index contributed by atoms with van der Waals surface area (Å²) in [5.41, 5.74) is 1.29. The topological polar surface area (TPSA) is 69.0 Å². The number of carbonyl (C=O) groups excluding carboxylic acids is 1. The molecule has 1 aromatic carbocycles. The van der Waals surface area contributed by atoms with Crippen LogP contribution in [0.5, 0.6) is 5.75 Å². The first-order valence-corrected chi connectivity index (χ1v) is 11.5. The van der Waals surface area contributed by atoms with Crippen LogP contribution in [-0.2, 0) is 18.4 Å². The fraction of sp³-hybridized carbons (Fsp3) is 0.591. The Balaban J connectivity index is 1.48. The van der Waals surface area contributed by atoms with Gasteiger partial charge in [0.05, 0.1) is 5.75 Å². The zero-order valence-electron chi connectivity index (χ0n) is 17.9. The van der Waals surface area contributed by atoms with Crippen molar-refractivity contribution >= 4 is 17.7 Å². The van der Waals surface area contributed by atoms with Crippen LogP contribution in [0, 0.1) is 5.92 Å². The molecule has 2 aromatic rings. The highest BCUT2D eigenvalue weighted by molar-refractivity contribution is 7.99. The number of hydrogen-bond donors (Lipinski definition) is 1. The molecule has 1 fully saturated rings. The molecule has 7 heteroatoms. The molecule has 1 heterocycles. The largest absolute Gasteiger partial charge is 0.486 e. The second-order valence-corrected chi connectivity index (χ2v) is 9.14. The molecule has 3 rings (SSSR count). The van der Waals surface area contributed by atoms with Crippen molar-refractivity contribution in [2.24, 2.45) is 13.0 Å². The molecule has 0 aliphatic heterocycles. The first-order valence-electron chi connectivity index (χ1n) is 10.5. The van der Waals surface area contributed by atoms with E-state index in [2.05, 4.69) is 48.4 Å². The van der Waals surface area contributed by atoms with Crippen LogP contribution in [0.3, 0.4) is 0 Å². The van der Waals surface area contributed by atoms with Gasteiger partial charge in [-0.2, -0.15) is 0 Å². The summed E-state index contributed by atoms with van der Waals surface area (Å²) in [5.74, 6) is 3.04. The molecule has 0 radical (unpaired) electrons. The van der Waals surface area contributed by atoms with Crippen molar-refractivity contribution in [3.8, 4) is 5.75 Å². The smallest absolute Gasteiger partial charge is 0.230 e. The Hall–Kier alpha value is -2.02. The number of nitrogens with one attached hydrogen (secondary N) is 1. The van der Waals surface area contributed by atoms with E-state index in [0.717, 1.165) is 23.2 Å². The van der Waals surface area contributed by atoms with E-state index in [9.17, 15) is 4.79 Å². The fourth-order valence-electron chi connectivity index (χ4n) is 3.60. The van der Waals surface area contributed by atoms with Gasteiger partial charge < -0.3 is 14.6 Å². The van der Waals surface area contributed by atoms with E-state index in [4.69, 9.17) is 4.74 Å². The molecule has 0 unspecified atom stereocenters. The van der Waals surface area contributed by atoms with E-state index in [1.54, 1.807) is 0 Å². The SMILES string of the molecule is CC(C)c1ccc(OCc2nnc(SCC(=O)N[C@@H]3CCCC[C@H]3C)n2C)cc1. The third-order valence-corrected chi connectivity index (χ3v) is 6.65. The summed E-state index contributed by atoms with van der Waals surface area (Å²) in [5, 5.41) is 12.3. The molecular weight excluding hydrogens is 384 g/mol. The monoisotopic (exact) mass is 416 g/mol. The van der Waals surface area contributed by atoms with Gasteiger partial charge in [0.15, 0.2) is 11.0 Å². The van der Waals surface area contributed by atoms with Gasteiger partial charge in [-0.3, -0.25) is 4.79 Å². The molecule has 1 N–H and O–H groups in total. The lowest BCUT2D eigenvalue weighted by molar-refractivity contribution is -0.119. The first-order chi connectivity index (χ1) is 13.9. The standard InChI is InChI=1S/C22H32N4O2S/c1-15(2)17-9-11-18(12-10-17)28-13-20-24-25-22(26(20)4)29-14-21(27)23-19-8-6-5-7-16(19)3/h9-12,15-16,19H,5-8,13-14H2,1-4H3,(H,23,27)/t16-,19-/m1/s1. The average Bonchev–Trinajstić information content (AvgIpc) is 3.06. The van der Waals surface area contributed by atoms with Crippen molar-refractivity contribution in [1.29, 1.82) is 0 Å². The lowest BCUT2D eigenvalue weighted by atomic mass is 9.86. The second-order valence-electron chi connectivity index (χ2n) is 8.19. The van der Waals surface area contributed by atoms with E-state index >= 15 is 0 Å². The van der Waals surface area contributed by atoms with Crippen molar-refractivity contribution in [2.75, 3.05) is 5.75 Å². The van der Waals surface area contributed by atoms with Crippen LogP contribution >= 0.6 is 11.8 Å². The fourth-order valence-corrected chi connectivity index (χ4v) is 4.34. The Bertz CT molecular complexity index is 804. The van der Waals surface area contributed by atoms with Gasteiger partial charge in [-0.05, 0) is 42.4 Å². The molecular formula is C22H32N4O2S. The molecule has 1 saturated carbocycles. The van der Waals surface area contributed by atoms with Gasteiger partial charge in [0.2, 0.25) is 5.91 Å². The van der Waals surface area contributed by atoms with Gasteiger partial charge in [-0.25, -0.2) is 0 Å². The van der Waals surface area contributed by atoms with E-state index in [-0.39, 0.29) is 5.91 Å². The summed E-state index contributed by atoms with van der Waals surface area (Å²) >= 11 is 1.41. The molecule has 1 amide bonds. The van der Waals surface area contributed by atoms with Crippen molar-refractivity contribution < 1.29 is 9.53 Å².